The minimum absolute atomic E-state index is 0.0361. The van der Waals surface area contributed by atoms with Crippen LogP contribution in [0.25, 0.3) is 0 Å². The van der Waals surface area contributed by atoms with Crippen LogP contribution >= 0.6 is 0 Å². The van der Waals surface area contributed by atoms with Gasteiger partial charge >= 0.3 is 0 Å². The molecule has 2 heterocycles. The highest BCUT2D eigenvalue weighted by molar-refractivity contribution is 5.95. The van der Waals surface area contributed by atoms with Gasteiger partial charge in [0, 0.05) is 51.0 Å². The van der Waals surface area contributed by atoms with Crippen molar-refractivity contribution in [2.45, 2.75) is 25.7 Å². The molecule has 2 aromatic rings. The number of para-hydroxylation sites is 1. The third-order valence-corrected chi connectivity index (χ3v) is 6.97. The van der Waals surface area contributed by atoms with Gasteiger partial charge in [-0.1, -0.05) is 24.6 Å². The highest BCUT2D eigenvalue weighted by Crippen LogP contribution is 2.16. The van der Waals surface area contributed by atoms with Crippen molar-refractivity contribution in [3.8, 4) is 5.75 Å². The van der Waals surface area contributed by atoms with Crippen molar-refractivity contribution in [3.63, 3.8) is 0 Å². The van der Waals surface area contributed by atoms with E-state index < -0.39 is 0 Å². The summed E-state index contributed by atoms with van der Waals surface area (Å²) in [6, 6.07) is 17.2. The molecular formula is C28H38N4O3. The smallest absolute Gasteiger partial charge is 0.253 e. The van der Waals surface area contributed by atoms with E-state index in [9.17, 15) is 9.59 Å². The summed E-state index contributed by atoms with van der Waals surface area (Å²) in [5.41, 5.74) is 1.57. The molecular weight excluding hydrogens is 440 g/mol. The molecule has 7 heteroatoms. The second kappa shape index (κ2) is 12.7. The standard InChI is InChI=1S/C28H38N4O3/c1-29(25-9-4-2-5-10-25)27(33)23-31-18-20-32(21-19-31)28(34)24-11-13-26(14-12-24)35-22-8-17-30-15-6-3-7-16-30/h2,4-5,9-14H,3,6-8,15-23H2,1H3. The molecule has 35 heavy (non-hydrogen) atoms. The van der Waals surface area contributed by atoms with Crippen LogP contribution in [0.4, 0.5) is 5.69 Å². The summed E-state index contributed by atoms with van der Waals surface area (Å²) < 4.78 is 5.89. The molecule has 2 saturated heterocycles. The minimum atomic E-state index is 0.0361. The Balaban J connectivity index is 1.17. The van der Waals surface area contributed by atoms with Crippen molar-refractivity contribution in [1.29, 1.82) is 0 Å². The fourth-order valence-corrected chi connectivity index (χ4v) is 4.74. The molecule has 0 saturated carbocycles. The van der Waals surface area contributed by atoms with E-state index in [1.165, 1.54) is 32.4 Å². The van der Waals surface area contributed by atoms with E-state index in [-0.39, 0.29) is 11.8 Å². The molecule has 0 unspecified atom stereocenters. The second-order valence-electron chi connectivity index (χ2n) is 9.49. The Labute approximate surface area is 209 Å². The highest BCUT2D eigenvalue weighted by atomic mass is 16.5. The third-order valence-electron chi connectivity index (χ3n) is 6.97. The fourth-order valence-electron chi connectivity index (χ4n) is 4.74. The summed E-state index contributed by atoms with van der Waals surface area (Å²) in [6.07, 6.45) is 5.01. The van der Waals surface area contributed by atoms with Gasteiger partial charge in [-0.3, -0.25) is 14.5 Å². The minimum Gasteiger partial charge on any atom is -0.494 e. The van der Waals surface area contributed by atoms with E-state index in [4.69, 9.17) is 4.74 Å². The zero-order valence-electron chi connectivity index (χ0n) is 20.9. The molecule has 0 spiro atoms. The highest BCUT2D eigenvalue weighted by Gasteiger charge is 2.24. The van der Waals surface area contributed by atoms with E-state index in [0.717, 1.165) is 24.4 Å². The number of amides is 2. The van der Waals surface area contributed by atoms with Gasteiger partial charge in [0.2, 0.25) is 5.91 Å². The summed E-state index contributed by atoms with van der Waals surface area (Å²) >= 11 is 0. The summed E-state index contributed by atoms with van der Waals surface area (Å²) in [5, 5.41) is 0. The van der Waals surface area contributed by atoms with Crippen molar-refractivity contribution >= 4 is 17.5 Å². The number of ether oxygens (including phenoxy) is 1. The molecule has 0 bridgehead atoms. The monoisotopic (exact) mass is 478 g/mol. The lowest BCUT2D eigenvalue weighted by Gasteiger charge is -2.35. The van der Waals surface area contributed by atoms with Gasteiger partial charge in [-0.15, -0.1) is 0 Å². The van der Waals surface area contributed by atoms with Crippen molar-refractivity contribution < 1.29 is 14.3 Å². The van der Waals surface area contributed by atoms with Crippen LogP contribution in [0, 0.1) is 0 Å². The van der Waals surface area contributed by atoms with Gasteiger partial charge < -0.3 is 19.4 Å². The summed E-state index contributed by atoms with van der Waals surface area (Å²) in [4.78, 5) is 33.8. The number of rotatable bonds is 9. The zero-order valence-corrected chi connectivity index (χ0v) is 20.9. The van der Waals surface area contributed by atoms with Gasteiger partial charge in [-0.25, -0.2) is 0 Å². The number of likely N-dealkylation sites (tertiary alicyclic amines) is 1. The third kappa shape index (κ3) is 7.29. The van der Waals surface area contributed by atoms with Crippen LogP contribution < -0.4 is 9.64 Å². The van der Waals surface area contributed by atoms with Crippen LogP contribution in [0.15, 0.2) is 54.6 Å². The van der Waals surface area contributed by atoms with E-state index in [1.54, 1.807) is 11.9 Å². The molecule has 188 valence electrons. The van der Waals surface area contributed by atoms with Gasteiger partial charge in [0.1, 0.15) is 5.75 Å². The van der Waals surface area contributed by atoms with E-state index >= 15 is 0 Å². The topological polar surface area (TPSA) is 56.3 Å². The number of carbonyl (C=O) groups is 2. The Morgan fingerprint density at radius 3 is 2.20 bits per heavy atom. The molecule has 0 radical (unpaired) electrons. The molecule has 2 aliphatic heterocycles. The second-order valence-corrected chi connectivity index (χ2v) is 9.49. The number of anilines is 1. The number of piperazine rings is 1. The number of carbonyl (C=O) groups excluding carboxylic acids is 2. The first-order valence-electron chi connectivity index (χ1n) is 12.9. The van der Waals surface area contributed by atoms with Crippen LogP contribution in [0.3, 0.4) is 0 Å². The molecule has 0 N–H and O–H groups in total. The quantitative estimate of drug-likeness (QED) is 0.518. The zero-order chi connectivity index (χ0) is 24.5. The van der Waals surface area contributed by atoms with E-state index in [2.05, 4.69) is 9.80 Å². The first-order valence-corrected chi connectivity index (χ1v) is 12.9. The lowest BCUT2D eigenvalue weighted by atomic mass is 10.1. The maximum atomic E-state index is 13.0. The molecule has 4 rings (SSSR count). The molecule has 2 fully saturated rings. The lowest BCUT2D eigenvalue weighted by molar-refractivity contribution is -0.119. The van der Waals surface area contributed by atoms with Gasteiger partial charge in [0.25, 0.3) is 5.91 Å². The first kappa shape index (κ1) is 25.2. The largest absolute Gasteiger partial charge is 0.494 e. The molecule has 2 amide bonds. The summed E-state index contributed by atoms with van der Waals surface area (Å²) in [6.45, 7) is 7.21. The summed E-state index contributed by atoms with van der Waals surface area (Å²) in [5.74, 6) is 0.905. The Kier molecular flexibility index (Phi) is 9.15. The number of hydrogen-bond acceptors (Lipinski definition) is 5. The van der Waals surface area contributed by atoms with E-state index in [1.807, 2.05) is 59.5 Å². The van der Waals surface area contributed by atoms with Crippen molar-refractivity contribution in [3.05, 3.63) is 60.2 Å². The molecule has 7 nitrogen and oxygen atoms in total. The predicted octanol–water partition coefficient (Wildman–Crippen LogP) is 3.36. The Bertz CT molecular complexity index is 936. The maximum Gasteiger partial charge on any atom is 0.253 e. The van der Waals surface area contributed by atoms with Crippen LogP contribution in [-0.2, 0) is 4.79 Å². The average Bonchev–Trinajstić information content (AvgIpc) is 2.92. The maximum absolute atomic E-state index is 13.0. The van der Waals surface area contributed by atoms with Crippen LogP contribution in [0.1, 0.15) is 36.0 Å². The average molecular weight is 479 g/mol. The fraction of sp³-hybridized carbons (Fsp3) is 0.500. The van der Waals surface area contributed by atoms with Gasteiger partial charge in [0.05, 0.1) is 13.2 Å². The number of piperidine rings is 1. The Hall–Kier alpha value is -2.90. The van der Waals surface area contributed by atoms with Crippen LogP contribution in [0.5, 0.6) is 5.75 Å². The van der Waals surface area contributed by atoms with Gasteiger partial charge in [-0.2, -0.15) is 0 Å². The first-order chi connectivity index (χ1) is 17.1. The van der Waals surface area contributed by atoms with Crippen molar-refractivity contribution in [2.75, 3.05) is 70.9 Å². The SMILES string of the molecule is CN(C(=O)CN1CCN(C(=O)c2ccc(OCCCN3CCCCC3)cc2)CC1)c1ccccc1. The van der Waals surface area contributed by atoms with Gasteiger partial charge in [-0.05, 0) is 68.8 Å². The predicted molar refractivity (Wildman–Crippen MR) is 139 cm³/mol. The van der Waals surface area contributed by atoms with Crippen LogP contribution in [-0.4, -0.2) is 92.5 Å². The molecule has 2 aromatic carbocycles. The van der Waals surface area contributed by atoms with Crippen LogP contribution in [0.2, 0.25) is 0 Å². The van der Waals surface area contributed by atoms with Crippen molar-refractivity contribution in [1.82, 2.24) is 14.7 Å². The van der Waals surface area contributed by atoms with E-state index in [0.29, 0.717) is 44.9 Å². The molecule has 0 atom stereocenters. The number of hydrogen-bond donors (Lipinski definition) is 0. The molecule has 0 aromatic heterocycles. The van der Waals surface area contributed by atoms with Gasteiger partial charge in [0.15, 0.2) is 0 Å². The Morgan fingerprint density at radius 1 is 0.829 bits per heavy atom. The number of likely N-dealkylation sites (N-methyl/N-ethyl adjacent to an activating group) is 1. The normalized spacial score (nSPS) is 17.2. The summed E-state index contributed by atoms with van der Waals surface area (Å²) in [7, 11) is 1.81. The molecule has 0 aliphatic carbocycles. The Morgan fingerprint density at radius 2 is 1.51 bits per heavy atom. The molecule has 2 aliphatic rings. The van der Waals surface area contributed by atoms with Crippen molar-refractivity contribution in [2.24, 2.45) is 0 Å². The lowest BCUT2D eigenvalue weighted by Crippen LogP contribution is -2.51. The number of nitrogens with zero attached hydrogens (tertiary/aromatic N) is 4. The number of benzene rings is 2.